The second kappa shape index (κ2) is 6.30. The molecule has 1 aliphatic rings. The summed E-state index contributed by atoms with van der Waals surface area (Å²) >= 11 is 0. The number of rotatable bonds is 7. The fourth-order valence-corrected chi connectivity index (χ4v) is 2.23. The Morgan fingerprint density at radius 1 is 1.39 bits per heavy atom. The highest BCUT2D eigenvalue weighted by molar-refractivity contribution is 5.17. The van der Waals surface area contributed by atoms with Gasteiger partial charge in [0.15, 0.2) is 0 Å². The highest BCUT2D eigenvalue weighted by Crippen LogP contribution is 2.19. The van der Waals surface area contributed by atoms with Crippen molar-refractivity contribution in [1.82, 2.24) is 10.2 Å². The Bertz CT molecular complexity index is 377. The second-order valence-corrected chi connectivity index (χ2v) is 5.25. The normalized spacial score (nSPS) is 17.1. The first-order valence-electron chi connectivity index (χ1n) is 6.87. The SMILES string of the molecule is CCC(CNC1CC1)N(C)Cc1ccccc1F. The molecule has 1 aliphatic carbocycles. The predicted molar refractivity (Wildman–Crippen MR) is 73.0 cm³/mol. The number of hydrogen-bond acceptors (Lipinski definition) is 2. The highest BCUT2D eigenvalue weighted by Gasteiger charge is 2.22. The standard InChI is InChI=1S/C15H23FN2/c1-3-14(10-17-13-8-9-13)18(2)11-12-6-4-5-7-15(12)16/h4-7,13-14,17H,3,8-11H2,1-2H3. The lowest BCUT2D eigenvalue weighted by Crippen LogP contribution is -2.40. The van der Waals surface area contributed by atoms with E-state index in [0.29, 0.717) is 12.6 Å². The second-order valence-electron chi connectivity index (χ2n) is 5.25. The molecule has 18 heavy (non-hydrogen) atoms. The molecule has 3 heteroatoms. The molecule has 1 aromatic carbocycles. The number of benzene rings is 1. The summed E-state index contributed by atoms with van der Waals surface area (Å²) in [6, 6.07) is 8.26. The van der Waals surface area contributed by atoms with Crippen LogP contribution in [0.4, 0.5) is 4.39 Å². The minimum Gasteiger partial charge on any atom is -0.312 e. The van der Waals surface area contributed by atoms with E-state index in [0.717, 1.165) is 24.6 Å². The summed E-state index contributed by atoms with van der Waals surface area (Å²) in [5.41, 5.74) is 0.782. The molecular weight excluding hydrogens is 227 g/mol. The third-order valence-corrected chi connectivity index (χ3v) is 3.69. The van der Waals surface area contributed by atoms with E-state index in [2.05, 4.69) is 24.2 Å². The van der Waals surface area contributed by atoms with Gasteiger partial charge in [0.05, 0.1) is 0 Å². The summed E-state index contributed by atoms with van der Waals surface area (Å²) in [5.74, 6) is -0.102. The maximum absolute atomic E-state index is 13.6. The fourth-order valence-electron chi connectivity index (χ4n) is 2.23. The van der Waals surface area contributed by atoms with Crippen LogP contribution in [0.15, 0.2) is 24.3 Å². The van der Waals surface area contributed by atoms with Gasteiger partial charge in [-0.05, 0) is 32.4 Å². The van der Waals surface area contributed by atoms with Crippen LogP contribution >= 0.6 is 0 Å². The van der Waals surface area contributed by atoms with Crippen molar-refractivity contribution in [3.05, 3.63) is 35.6 Å². The van der Waals surface area contributed by atoms with E-state index < -0.39 is 0 Å². The van der Waals surface area contributed by atoms with E-state index >= 15 is 0 Å². The van der Waals surface area contributed by atoms with Crippen LogP contribution < -0.4 is 5.32 Å². The Labute approximate surface area is 109 Å². The number of halogens is 1. The van der Waals surface area contributed by atoms with E-state index in [1.54, 1.807) is 6.07 Å². The van der Waals surface area contributed by atoms with Crippen LogP contribution in [0.1, 0.15) is 31.7 Å². The van der Waals surface area contributed by atoms with Gasteiger partial charge in [0.2, 0.25) is 0 Å². The van der Waals surface area contributed by atoms with Crippen LogP contribution in [0.25, 0.3) is 0 Å². The van der Waals surface area contributed by atoms with Gasteiger partial charge in [-0.3, -0.25) is 4.90 Å². The van der Waals surface area contributed by atoms with Crippen molar-refractivity contribution in [2.24, 2.45) is 0 Å². The van der Waals surface area contributed by atoms with Crippen LogP contribution in [0.2, 0.25) is 0 Å². The molecule has 1 aromatic rings. The lowest BCUT2D eigenvalue weighted by Gasteiger charge is -2.27. The maximum Gasteiger partial charge on any atom is 0.127 e. The van der Waals surface area contributed by atoms with Gasteiger partial charge in [0, 0.05) is 30.7 Å². The van der Waals surface area contributed by atoms with Gasteiger partial charge in [0.25, 0.3) is 0 Å². The van der Waals surface area contributed by atoms with Crippen molar-refractivity contribution in [3.8, 4) is 0 Å². The summed E-state index contributed by atoms with van der Waals surface area (Å²) in [6.45, 7) is 3.88. The Kier molecular flexibility index (Phi) is 4.72. The Morgan fingerprint density at radius 2 is 2.11 bits per heavy atom. The minimum absolute atomic E-state index is 0.102. The molecule has 0 amide bonds. The molecule has 100 valence electrons. The molecule has 1 fully saturated rings. The third kappa shape index (κ3) is 3.79. The smallest absolute Gasteiger partial charge is 0.127 e. The Morgan fingerprint density at radius 3 is 2.72 bits per heavy atom. The third-order valence-electron chi connectivity index (χ3n) is 3.69. The molecule has 1 saturated carbocycles. The lowest BCUT2D eigenvalue weighted by atomic mass is 10.1. The number of nitrogens with zero attached hydrogens (tertiary/aromatic N) is 1. The number of hydrogen-bond donors (Lipinski definition) is 1. The topological polar surface area (TPSA) is 15.3 Å². The molecule has 2 rings (SSSR count). The molecule has 2 nitrogen and oxygen atoms in total. The lowest BCUT2D eigenvalue weighted by molar-refractivity contribution is 0.218. The first kappa shape index (κ1) is 13.5. The molecule has 0 bridgehead atoms. The van der Waals surface area contributed by atoms with E-state index in [9.17, 15) is 4.39 Å². The molecule has 1 atom stereocenters. The zero-order valence-electron chi connectivity index (χ0n) is 11.3. The zero-order valence-corrected chi connectivity index (χ0v) is 11.3. The van der Waals surface area contributed by atoms with Gasteiger partial charge in [-0.15, -0.1) is 0 Å². The van der Waals surface area contributed by atoms with Crippen molar-refractivity contribution in [1.29, 1.82) is 0 Å². The van der Waals surface area contributed by atoms with Crippen LogP contribution in [-0.4, -0.2) is 30.6 Å². The largest absolute Gasteiger partial charge is 0.312 e. The van der Waals surface area contributed by atoms with Gasteiger partial charge < -0.3 is 5.32 Å². The average Bonchev–Trinajstić information content (AvgIpc) is 3.17. The van der Waals surface area contributed by atoms with E-state index in [1.807, 2.05) is 12.1 Å². The first-order chi connectivity index (χ1) is 8.70. The molecule has 0 aliphatic heterocycles. The first-order valence-corrected chi connectivity index (χ1v) is 6.87. The highest BCUT2D eigenvalue weighted by atomic mass is 19.1. The summed E-state index contributed by atoms with van der Waals surface area (Å²) in [7, 11) is 2.08. The van der Waals surface area contributed by atoms with E-state index in [4.69, 9.17) is 0 Å². The average molecular weight is 250 g/mol. The van der Waals surface area contributed by atoms with Gasteiger partial charge in [-0.1, -0.05) is 25.1 Å². The summed E-state index contributed by atoms with van der Waals surface area (Å²) in [5, 5.41) is 3.55. The minimum atomic E-state index is -0.102. The number of nitrogens with one attached hydrogen (secondary N) is 1. The van der Waals surface area contributed by atoms with Crippen LogP contribution in [-0.2, 0) is 6.54 Å². The summed E-state index contributed by atoms with van der Waals surface area (Å²) in [4.78, 5) is 2.24. The summed E-state index contributed by atoms with van der Waals surface area (Å²) in [6.07, 6.45) is 3.71. The zero-order chi connectivity index (χ0) is 13.0. The maximum atomic E-state index is 13.6. The molecule has 0 heterocycles. The van der Waals surface area contributed by atoms with Crippen molar-refractivity contribution in [2.45, 2.75) is 44.8 Å². The summed E-state index contributed by atoms with van der Waals surface area (Å²) < 4.78 is 13.6. The Hall–Kier alpha value is -0.930. The van der Waals surface area contributed by atoms with Crippen molar-refractivity contribution in [2.75, 3.05) is 13.6 Å². The van der Waals surface area contributed by atoms with E-state index in [1.165, 1.54) is 18.9 Å². The number of likely N-dealkylation sites (N-methyl/N-ethyl adjacent to an activating group) is 1. The molecule has 1 N–H and O–H groups in total. The fraction of sp³-hybridized carbons (Fsp3) is 0.600. The van der Waals surface area contributed by atoms with Gasteiger partial charge in [-0.2, -0.15) is 0 Å². The van der Waals surface area contributed by atoms with Crippen molar-refractivity contribution >= 4 is 0 Å². The molecular formula is C15H23FN2. The van der Waals surface area contributed by atoms with Crippen LogP contribution in [0, 0.1) is 5.82 Å². The molecule has 1 unspecified atom stereocenters. The van der Waals surface area contributed by atoms with Gasteiger partial charge in [0.1, 0.15) is 5.82 Å². The van der Waals surface area contributed by atoms with Crippen molar-refractivity contribution < 1.29 is 4.39 Å². The van der Waals surface area contributed by atoms with Gasteiger partial charge >= 0.3 is 0 Å². The van der Waals surface area contributed by atoms with Crippen LogP contribution in [0.3, 0.4) is 0 Å². The predicted octanol–water partition coefficient (Wildman–Crippen LogP) is 2.79. The molecule has 0 spiro atoms. The molecule has 0 radical (unpaired) electrons. The molecule has 0 aromatic heterocycles. The van der Waals surface area contributed by atoms with Crippen LogP contribution in [0.5, 0.6) is 0 Å². The van der Waals surface area contributed by atoms with Crippen molar-refractivity contribution in [3.63, 3.8) is 0 Å². The monoisotopic (exact) mass is 250 g/mol. The Balaban J connectivity index is 1.87. The molecule has 0 saturated heterocycles. The van der Waals surface area contributed by atoms with Gasteiger partial charge in [-0.25, -0.2) is 4.39 Å². The quantitative estimate of drug-likeness (QED) is 0.800. The van der Waals surface area contributed by atoms with E-state index in [-0.39, 0.29) is 5.82 Å².